The second kappa shape index (κ2) is 11.1. The Hall–Kier alpha value is -2.76. The third kappa shape index (κ3) is 4.77. The molecule has 9 nitrogen and oxygen atoms in total. The number of carbonyl (C=O) groups excluding carboxylic acids is 3. The molecule has 1 aromatic rings. The maximum Gasteiger partial charge on any atom is 0.494 e. The summed E-state index contributed by atoms with van der Waals surface area (Å²) >= 11 is 0. The average Bonchev–Trinajstić information content (AvgIpc) is 3.52. The van der Waals surface area contributed by atoms with Gasteiger partial charge in [-0.2, -0.15) is 0 Å². The predicted octanol–water partition coefficient (Wildman–Crippen LogP) is 2.87. The highest BCUT2D eigenvalue weighted by Crippen LogP contribution is 2.68. The van der Waals surface area contributed by atoms with E-state index in [0.29, 0.717) is 18.4 Å². The van der Waals surface area contributed by atoms with Gasteiger partial charge >= 0.3 is 19.1 Å². The van der Waals surface area contributed by atoms with Crippen LogP contribution in [0.5, 0.6) is 5.75 Å². The number of hydrogen-bond donors (Lipinski definition) is 2. The molecule has 8 atom stereocenters. The highest BCUT2D eigenvalue weighted by atomic mass is 19.1. The second-order valence-electron chi connectivity index (χ2n) is 13.1. The first kappa shape index (κ1) is 30.7. The molecule has 3 fully saturated rings. The van der Waals surface area contributed by atoms with E-state index in [0.717, 1.165) is 12.8 Å². The summed E-state index contributed by atoms with van der Waals surface area (Å²) in [5, 5.41) is 21.8. The number of hydrogen-bond acceptors (Lipinski definition) is 9. The van der Waals surface area contributed by atoms with Gasteiger partial charge in [-0.3, -0.25) is 4.79 Å². The smallest absolute Gasteiger partial charge is 0.479 e. The van der Waals surface area contributed by atoms with Crippen LogP contribution >= 0.6 is 0 Å². The average molecular weight is 586 g/mol. The molecule has 1 heterocycles. The maximum absolute atomic E-state index is 15.0. The van der Waals surface area contributed by atoms with Gasteiger partial charge in [0.1, 0.15) is 11.9 Å². The minimum absolute atomic E-state index is 0.0169. The van der Waals surface area contributed by atoms with Crippen molar-refractivity contribution < 1.29 is 47.8 Å². The fraction of sp³-hybridized carbons (Fsp3) is 0.645. The maximum atomic E-state index is 15.0. The summed E-state index contributed by atoms with van der Waals surface area (Å²) in [4.78, 5) is 39.0. The molecule has 0 spiro atoms. The topological polar surface area (TPSA) is 129 Å². The Morgan fingerprint density at radius 3 is 2.69 bits per heavy atom. The SMILES string of the molecule is COC(=O)/C=C/[C@]1(C)C[C@@H](OC(=O)COc2ccc3c(c2F)B(O)OC3)[C@]2(C)[C@H](C)CC[C@]3(CCC(=O)[C@H]32)[C@@H](C)[C@@H]1O. The lowest BCUT2D eigenvalue weighted by Crippen LogP contribution is -2.63. The van der Waals surface area contributed by atoms with Crippen LogP contribution in [0.25, 0.3) is 0 Å². The molecule has 228 valence electrons. The number of carbonyl (C=O) groups is 3. The molecule has 0 saturated heterocycles. The molecule has 0 aromatic heterocycles. The summed E-state index contributed by atoms with van der Waals surface area (Å²) in [6.45, 7) is 7.37. The fourth-order valence-electron chi connectivity index (χ4n) is 8.49. The Morgan fingerprint density at radius 1 is 1.24 bits per heavy atom. The molecule has 3 aliphatic carbocycles. The summed E-state index contributed by atoms with van der Waals surface area (Å²) in [6, 6.07) is 2.95. The Bertz CT molecular complexity index is 1300. The van der Waals surface area contributed by atoms with Crippen LogP contribution in [-0.2, 0) is 35.1 Å². The van der Waals surface area contributed by atoms with Crippen molar-refractivity contribution in [2.24, 2.45) is 34.0 Å². The van der Waals surface area contributed by atoms with Crippen LogP contribution in [0.2, 0.25) is 0 Å². The summed E-state index contributed by atoms with van der Waals surface area (Å²) in [6.07, 6.45) is 3.93. The quantitative estimate of drug-likeness (QED) is 0.294. The van der Waals surface area contributed by atoms with E-state index in [1.165, 1.54) is 19.3 Å². The minimum atomic E-state index is -1.41. The molecule has 0 amide bonds. The largest absolute Gasteiger partial charge is 0.494 e. The highest BCUT2D eigenvalue weighted by Gasteiger charge is 2.68. The Morgan fingerprint density at radius 2 is 1.98 bits per heavy atom. The molecule has 1 aliphatic heterocycles. The zero-order valence-corrected chi connectivity index (χ0v) is 24.9. The molecule has 3 saturated carbocycles. The number of benzene rings is 1. The molecule has 0 unspecified atom stereocenters. The molecule has 42 heavy (non-hydrogen) atoms. The van der Waals surface area contributed by atoms with Crippen molar-refractivity contribution in [2.75, 3.05) is 13.7 Å². The van der Waals surface area contributed by atoms with Gasteiger partial charge in [-0.25, -0.2) is 14.0 Å². The van der Waals surface area contributed by atoms with Crippen molar-refractivity contribution in [3.63, 3.8) is 0 Å². The van der Waals surface area contributed by atoms with E-state index in [9.17, 15) is 24.5 Å². The molecule has 0 radical (unpaired) electrons. The Kier molecular flexibility index (Phi) is 8.09. The van der Waals surface area contributed by atoms with Crippen molar-refractivity contribution in [1.82, 2.24) is 0 Å². The number of aliphatic hydroxyl groups is 1. The van der Waals surface area contributed by atoms with Crippen molar-refractivity contribution in [2.45, 2.75) is 78.6 Å². The van der Waals surface area contributed by atoms with Crippen LogP contribution in [0, 0.1) is 39.8 Å². The first-order chi connectivity index (χ1) is 19.8. The summed E-state index contributed by atoms with van der Waals surface area (Å²) in [5.74, 6) is -2.88. The zero-order chi connectivity index (χ0) is 30.6. The van der Waals surface area contributed by atoms with Gasteiger partial charge in [-0.05, 0) is 54.6 Å². The molecule has 4 aliphatic rings. The van der Waals surface area contributed by atoms with Crippen LogP contribution in [-0.4, -0.2) is 60.9 Å². The van der Waals surface area contributed by atoms with E-state index >= 15 is 4.39 Å². The molecule has 1 aromatic carbocycles. The normalized spacial score (nSPS) is 37.6. The van der Waals surface area contributed by atoms with Crippen molar-refractivity contribution in [1.29, 1.82) is 0 Å². The number of aliphatic hydroxyl groups excluding tert-OH is 1. The number of fused-ring (bicyclic) bond motifs is 1. The van der Waals surface area contributed by atoms with Gasteiger partial charge in [0.2, 0.25) is 0 Å². The van der Waals surface area contributed by atoms with Crippen LogP contribution in [0.3, 0.4) is 0 Å². The summed E-state index contributed by atoms with van der Waals surface area (Å²) in [7, 11) is -0.137. The van der Waals surface area contributed by atoms with Crippen molar-refractivity contribution in [3.05, 3.63) is 35.7 Å². The van der Waals surface area contributed by atoms with E-state index in [2.05, 4.69) is 6.92 Å². The van der Waals surface area contributed by atoms with Gasteiger partial charge in [-0.15, -0.1) is 0 Å². The van der Waals surface area contributed by atoms with Gasteiger partial charge in [0.15, 0.2) is 18.2 Å². The lowest BCUT2D eigenvalue weighted by Gasteiger charge is -2.61. The molecule has 2 N–H and O–H groups in total. The number of rotatable bonds is 6. The number of halogens is 1. The van der Waals surface area contributed by atoms with E-state index in [1.54, 1.807) is 12.1 Å². The molecule has 11 heteroatoms. The molecular weight excluding hydrogens is 546 g/mol. The lowest BCUT2D eigenvalue weighted by molar-refractivity contribution is -0.207. The van der Waals surface area contributed by atoms with E-state index < -0.39 is 65.9 Å². The Labute approximate surface area is 245 Å². The van der Waals surface area contributed by atoms with Crippen LogP contribution in [0.1, 0.15) is 65.4 Å². The third-order valence-electron chi connectivity index (χ3n) is 11.1. The first-order valence-corrected chi connectivity index (χ1v) is 14.7. The van der Waals surface area contributed by atoms with E-state index in [-0.39, 0.29) is 41.9 Å². The van der Waals surface area contributed by atoms with Crippen molar-refractivity contribution in [3.8, 4) is 5.75 Å². The zero-order valence-electron chi connectivity index (χ0n) is 24.9. The number of ether oxygens (including phenoxy) is 3. The van der Waals surface area contributed by atoms with Gasteiger partial charge in [0, 0.05) is 34.7 Å². The van der Waals surface area contributed by atoms with E-state index in [1.807, 2.05) is 20.8 Å². The molecule has 2 bridgehead atoms. The molecule has 5 rings (SSSR count). The number of ketones is 1. The van der Waals surface area contributed by atoms with Crippen LogP contribution in [0.4, 0.5) is 4.39 Å². The standard InChI is InChI=1S/C31H40BFO9/c1-17-8-12-31-13-9-20(34)27(31)30(17,4)22(14-29(3,28(37)18(31)2)11-10-23(35)39-5)42-24(36)16-40-21-7-6-19-15-41-32(38)25(19)26(21)33/h6-7,10-11,17-18,22,27-28,37-38H,8-9,12-16H2,1-5H3/b11-10+/t17-,18+,22-,27+,28+,29-,30+,31+/m1/s1. The van der Waals surface area contributed by atoms with Gasteiger partial charge < -0.3 is 29.0 Å². The highest BCUT2D eigenvalue weighted by molar-refractivity contribution is 6.61. The minimum Gasteiger partial charge on any atom is -0.479 e. The summed E-state index contributed by atoms with van der Waals surface area (Å²) in [5.41, 5.74) is -1.74. The second-order valence-corrected chi connectivity index (χ2v) is 13.1. The third-order valence-corrected chi connectivity index (χ3v) is 11.1. The predicted molar refractivity (Wildman–Crippen MR) is 150 cm³/mol. The van der Waals surface area contributed by atoms with E-state index in [4.69, 9.17) is 18.9 Å². The van der Waals surface area contributed by atoms with Crippen LogP contribution < -0.4 is 10.2 Å². The van der Waals surface area contributed by atoms with Gasteiger partial charge in [-0.1, -0.05) is 39.8 Å². The fourth-order valence-corrected chi connectivity index (χ4v) is 8.49. The van der Waals surface area contributed by atoms with Gasteiger partial charge in [0.25, 0.3) is 0 Å². The van der Waals surface area contributed by atoms with Crippen molar-refractivity contribution >= 4 is 30.3 Å². The summed E-state index contributed by atoms with van der Waals surface area (Å²) < 4.78 is 36.6. The van der Waals surface area contributed by atoms with Gasteiger partial charge in [0.05, 0.1) is 19.8 Å². The molecular formula is C31H40BFO9. The number of esters is 2. The number of Topliss-reactive ketones (excluding diaryl/α,β-unsaturated/α-hetero) is 1. The number of methoxy groups -OCH3 is 1. The van der Waals surface area contributed by atoms with Crippen LogP contribution in [0.15, 0.2) is 24.3 Å². The Balaban J connectivity index is 1.48. The lowest BCUT2D eigenvalue weighted by atomic mass is 9.44. The monoisotopic (exact) mass is 586 g/mol. The first-order valence-electron chi connectivity index (χ1n) is 14.7.